The number of rotatable bonds is 1. The van der Waals surface area contributed by atoms with Crippen molar-refractivity contribution in [2.75, 3.05) is 13.1 Å². The Hall–Kier alpha value is -1.94. The molecule has 0 spiro atoms. The molecule has 0 aliphatic carbocycles. The van der Waals surface area contributed by atoms with Crippen molar-refractivity contribution in [2.45, 2.75) is 25.9 Å². The van der Waals surface area contributed by atoms with Crippen LogP contribution in [0.15, 0.2) is 36.5 Å². The fourth-order valence-corrected chi connectivity index (χ4v) is 2.94. The molecule has 1 aromatic carbocycles. The number of aromatic nitrogens is 1. The van der Waals surface area contributed by atoms with Crippen LogP contribution in [0, 0.1) is 0 Å². The van der Waals surface area contributed by atoms with Gasteiger partial charge >= 0.3 is 0 Å². The Bertz CT molecular complexity index is 625. The number of hydrogen-bond acceptors (Lipinski definition) is 3. The molecule has 1 saturated heterocycles. The average molecular weight is 269 g/mol. The molecule has 1 aliphatic rings. The quantitative estimate of drug-likeness (QED) is 0.862. The first-order chi connectivity index (χ1) is 9.68. The summed E-state index contributed by atoms with van der Waals surface area (Å²) in [5, 5.41) is 5.33. The lowest BCUT2D eigenvalue weighted by Crippen LogP contribution is -2.57. The molecule has 104 valence electrons. The van der Waals surface area contributed by atoms with Gasteiger partial charge in [-0.1, -0.05) is 24.3 Å². The Morgan fingerprint density at radius 2 is 1.90 bits per heavy atom. The van der Waals surface area contributed by atoms with E-state index in [-0.39, 0.29) is 18.0 Å². The summed E-state index contributed by atoms with van der Waals surface area (Å²) in [6.07, 6.45) is 1.72. The molecule has 0 saturated carbocycles. The molecule has 2 atom stereocenters. The summed E-state index contributed by atoms with van der Waals surface area (Å²) in [5.74, 6) is 0.0308. The lowest BCUT2D eigenvalue weighted by molar-refractivity contribution is 0.0540. The molecule has 1 N–H and O–H groups in total. The Labute approximate surface area is 118 Å². The maximum absolute atomic E-state index is 12.9. The standard InChI is InChI=1S/C16H19N3O/c1-11-9-17-10-12(2)19(11)16(20)15-14-6-4-3-5-13(14)7-8-18-15/h3-8,11-12,17H,9-10H2,1-2H3. The minimum absolute atomic E-state index is 0.0308. The van der Waals surface area contributed by atoms with Crippen LogP contribution in [-0.2, 0) is 0 Å². The van der Waals surface area contributed by atoms with Crippen molar-refractivity contribution in [1.29, 1.82) is 0 Å². The van der Waals surface area contributed by atoms with E-state index in [2.05, 4.69) is 24.1 Å². The number of nitrogens with zero attached hydrogens (tertiary/aromatic N) is 2. The van der Waals surface area contributed by atoms with Crippen LogP contribution in [0.5, 0.6) is 0 Å². The topological polar surface area (TPSA) is 45.2 Å². The summed E-state index contributed by atoms with van der Waals surface area (Å²) >= 11 is 0. The first kappa shape index (κ1) is 13.1. The molecule has 2 aromatic rings. The minimum atomic E-state index is 0.0308. The highest BCUT2D eigenvalue weighted by Gasteiger charge is 2.30. The van der Waals surface area contributed by atoms with E-state index in [1.165, 1.54) is 0 Å². The number of amides is 1. The van der Waals surface area contributed by atoms with Gasteiger partial charge in [0, 0.05) is 36.8 Å². The van der Waals surface area contributed by atoms with E-state index in [1.54, 1.807) is 6.20 Å². The fourth-order valence-electron chi connectivity index (χ4n) is 2.94. The van der Waals surface area contributed by atoms with Crippen LogP contribution in [0.3, 0.4) is 0 Å². The molecule has 4 nitrogen and oxygen atoms in total. The predicted octanol–water partition coefficient (Wildman–Crippen LogP) is 2.06. The van der Waals surface area contributed by atoms with E-state index < -0.39 is 0 Å². The van der Waals surface area contributed by atoms with Gasteiger partial charge in [0.25, 0.3) is 5.91 Å². The van der Waals surface area contributed by atoms with Crippen molar-refractivity contribution in [3.63, 3.8) is 0 Å². The van der Waals surface area contributed by atoms with E-state index in [9.17, 15) is 4.79 Å². The maximum Gasteiger partial charge on any atom is 0.273 e. The normalized spacial score (nSPS) is 23.0. The lowest BCUT2D eigenvalue weighted by atomic mass is 10.1. The van der Waals surface area contributed by atoms with Crippen LogP contribution in [0.25, 0.3) is 10.8 Å². The molecule has 1 fully saturated rings. The van der Waals surface area contributed by atoms with Crippen LogP contribution in [0.4, 0.5) is 0 Å². The third-order valence-corrected chi connectivity index (χ3v) is 3.94. The first-order valence-corrected chi connectivity index (χ1v) is 7.05. The third-order valence-electron chi connectivity index (χ3n) is 3.94. The van der Waals surface area contributed by atoms with Gasteiger partial charge in [-0.3, -0.25) is 9.78 Å². The molecule has 2 unspecified atom stereocenters. The van der Waals surface area contributed by atoms with Crippen molar-refractivity contribution in [3.8, 4) is 0 Å². The number of carbonyl (C=O) groups is 1. The number of piperazine rings is 1. The van der Waals surface area contributed by atoms with Gasteiger partial charge in [-0.15, -0.1) is 0 Å². The summed E-state index contributed by atoms with van der Waals surface area (Å²) < 4.78 is 0. The predicted molar refractivity (Wildman–Crippen MR) is 79.7 cm³/mol. The SMILES string of the molecule is CC1CNCC(C)N1C(=O)c1nccc2ccccc12. The van der Waals surface area contributed by atoms with Gasteiger partial charge in [0.15, 0.2) is 0 Å². The van der Waals surface area contributed by atoms with E-state index in [0.29, 0.717) is 5.69 Å². The van der Waals surface area contributed by atoms with Gasteiger partial charge < -0.3 is 10.2 Å². The van der Waals surface area contributed by atoms with Crippen molar-refractivity contribution < 1.29 is 4.79 Å². The zero-order valence-corrected chi connectivity index (χ0v) is 11.8. The lowest BCUT2D eigenvalue weighted by Gasteiger charge is -2.39. The van der Waals surface area contributed by atoms with Gasteiger partial charge in [-0.05, 0) is 25.3 Å². The summed E-state index contributed by atoms with van der Waals surface area (Å²) in [4.78, 5) is 19.2. The number of carbonyl (C=O) groups excluding carboxylic acids is 1. The summed E-state index contributed by atoms with van der Waals surface area (Å²) in [6, 6.07) is 10.2. The first-order valence-electron chi connectivity index (χ1n) is 7.05. The monoisotopic (exact) mass is 269 g/mol. The highest BCUT2D eigenvalue weighted by atomic mass is 16.2. The van der Waals surface area contributed by atoms with Gasteiger partial charge in [-0.2, -0.15) is 0 Å². The van der Waals surface area contributed by atoms with Gasteiger partial charge in [-0.25, -0.2) is 0 Å². The van der Waals surface area contributed by atoms with Crippen LogP contribution in [0.1, 0.15) is 24.3 Å². The molecule has 20 heavy (non-hydrogen) atoms. The van der Waals surface area contributed by atoms with E-state index >= 15 is 0 Å². The number of benzene rings is 1. The minimum Gasteiger partial charge on any atom is -0.329 e. The molecule has 0 bridgehead atoms. The zero-order valence-electron chi connectivity index (χ0n) is 11.8. The van der Waals surface area contributed by atoms with Crippen LogP contribution >= 0.6 is 0 Å². The number of hydrogen-bond donors (Lipinski definition) is 1. The average Bonchev–Trinajstić information content (AvgIpc) is 2.46. The zero-order chi connectivity index (χ0) is 14.1. The van der Waals surface area contributed by atoms with Crippen molar-refractivity contribution in [3.05, 3.63) is 42.2 Å². The van der Waals surface area contributed by atoms with Crippen molar-refractivity contribution >= 4 is 16.7 Å². The largest absolute Gasteiger partial charge is 0.329 e. The highest BCUT2D eigenvalue weighted by molar-refractivity contribution is 6.05. The second-order valence-electron chi connectivity index (χ2n) is 5.45. The second kappa shape index (κ2) is 5.21. The molecule has 1 amide bonds. The summed E-state index contributed by atoms with van der Waals surface area (Å²) in [7, 11) is 0. The van der Waals surface area contributed by atoms with E-state index in [0.717, 1.165) is 23.9 Å². The van der Waals surface area contributed by atoms with E-state index in [4.69, 9.17) is 0 Å². The van der Waals surface area contributed by atoms with Gasteiger partial charge in [0.05, 0.1) is 0 Å². The number of pyridine rings is 1. The number of fused-ring (bicyclic) bond motifs is 1. The Balaban J connectivity index is 2.04. The van der Waals surface area contributed by atoms with Crippen molar-refractivity contribution in [1.82, 2.24) is 15.2 Å². The maximum atomic E-state index is 12.9. The molecular weight excluding hydrogens is 250 g/mol. The van der Waals surface area contributed by atoms with Crippen LogP contribution in [-0.4, -0.2) is 41.0 Å². The summed E-state index contributed by atoms with van der Waals surface area (Å²) in [5.41, 5.74) is 0.559. The molecule has 0 radical (unpaired) electrons. The molecule has 1 aromatic heterocycles. The summed E-state index contributed by atoms with van der Waals surface area (Å²) in [6.45, 7) is 5.82. The molecule has 4 heteroatoms. The molecule has 1 aliphatic heterocycles. The molecule has 3 rings (SSSR count). The molecule has 2 heterocycles. The Morgan fingerprint density at radius 1 is 1.20 bits per heavy atom. The van der Waals surface area contributed by atoms with Crippen molar-refractivity contribution in [2.24, 2.45) is 0 Å². The number of nitrogens with one attached hydrogen (secondary N) is 1. The Morgan fingerprint density at radius 3 is 2.65 bits per heavy atom. The van der Waals surface area contributed by atoms with E-state index in [1.807, 2.05) is 35.2 Å². The third kappa shape index (κ3) is 2.16. The smallest absolute Gasteiger partial charge is 0.273 e. The van der Waals surface area contributed by atoms with Crippen LogP contribution < -0.4 is 5.32 Å². The van der Waals surface area contributed by atoms with Gasteiger partial charge in [0.1, 0.15) is 5.69 Å². The second-order valence-corrected chi connectivity index (χ2v) is 5.45. The van der Waals surface area contributed by atoms with Crippen LogP contribution in [0.2, 0.25) is 0 Å². The fraction of sp³-hybridized carbons (Fsp3) is 0.375. The highest BCUT2D eigenvalue weighted by Crippen LogP contribution is 2.20. The Kier molecular flexibility index (Phi) is 3.40. The van der Waals surface area contributed by atoms with Gasteiger partial charge in [0.2, 0.25) is 0 Å². The molecular formula is C16H19N3O.